The molecular weight excluding hydrogens is 310 g/mol. The summed E-state index contributed by atoms with van der Waals surface area (Å²) in [5, 5.41) is 23.4. The Kier molecular flexibility index (Phi) is 3.91. The quantitative estimate of drug-likeness (QED) is 0.443. The van der Waals surface area contributed by atoms with Gasteiger partial charge >= 0.3 is 5.82 Å². The molecule has 108 valence electrons. The number of thiazole rings is 1. The minimum atomic E-state index is -0.685. The van der Waals surface area contributed by atoms with Gasteiger partial charge in [0, 0.05) is 11.1 Å². The fourth-order valence-electron chi connectivity index (χ4n) is 1.95. The summed E-state index contributed by atoms with van der Waals surface area (Å²) < 4.78 is 1.46. The molecule has 21 heavy (non-hydrogen) atoms. The molecule has 0 saturated carbocycles. The van der Waals surface area contributed by atoms with Crippen molar-refractivity contribution >= 4 is 33.9 Å². The number of aromatic nitrogens is 2. The van der Waals surface area contributed by atoms with E-state index in [0.29, 0.717) is 15.7 Å². The van der Waals surface area contributed by atoms with Crippen molar-refractivity contribution < 1.29 is 10.0 Å². The van der Waals surface area contributed by atoms with Crippen LogP contribution in [0.15, 0.2) is 46.9 Å². The lowest BCUT2D eigenvalue weighted by Gasteiger charge is -2.09. The molecule has 0 aliphatic heterocycles. The predicted molar refractivity (Wildman–Crippen MR) is 81.8 cm³/mol. The average Bonchev–Trinajstić information content (AvgIpc) is 3.05. The number of aliphatic hydroxyl groups is 1. The largest absolute Gasteiger partial charge is 0.388 e. The van der Waals surface area contributed by atoms with Crippen LogP contribution in [-0.2, 0) is 0 Å². The molecule has 3 aromatic rings. The molecule has 0 fully saturated rings. The van der Waals surface area contributed by atoms with Gasteiger partial charge in [0.1, 0.15) is 6.20 Å². The van der Waals surface area contributed by atoms with E-state index in [1.165, 1.54) is 27.5 Å². The Morgan fingerprint density at radius 2 is 2.19 bits per heavy atom. The van der Waals surface area contributed by atoms with Gasteiger partial charge in [0.25, 0.3) is 4.96 Å². The van der Waals surface area contributed by atoms with Crippen molar-refractivity contribution in [3.63, 3.8) is 0 Å². The highest BCUT2D eigenvalue weighted by molar-refractivity contribution is 7.99. The summed E-state index contributed by atoms with van der Waals surface area (Å²) in [5.41, 5.74) is 0.786. The minimum Gasteiger partial charge on any atom is -0.388 e. The molecule has 0 aliphatic carbocycles. The summed E-state index contributed by atoms with van der Waals surface area (Å²) in [6.45, 7) is 0. The van der Waals surface area contributed by atoms with E-state index in [2.05, 4.69) is 4.98 Å². The Morgan fingerprint density at radius 1 is 1.43 bits per heavy atom. The number of hydrogen-bond donors (Lipinski definition) is 1. The van der Waals surface area contributed by atoms with Crippen LogP contribution in [0.5, 0.6) is 0 Å². The maximum absolute atomic E-state index is 11.2. The maximum atomic E-state index is 11.2. The molecule has 2 heterocycles. The number of rotatable bonds is 5. The standard InChI is InChI=1S/C13H11N3O3S2/c17-10(9-4-2-1-3-5-9)8-21-11-12(16(18)19)15-6-7-20-13(15)14-11/h1-7,10,17H,8H2/t10-/m0/s1. The van der Waals surface area contributed by atoms with Crippen molar-refractivity contribution in [2.45, 2.75) is 11.1 Å². The highest BCUT2D eigenvalue weighted by Gasteiger charge is 2.24. The van der Waals surface area contributed by atoms with E-state index in [1.807, 2.05) is 30.3 Å². The third-order valence-electron chi connectivity index (χ3n) is 2.94. The SMILES string of the molecule is O=[N+]([O-])c1c(SC[C@H](O)c2ccccc2)nc2sccn12. The number of aliphatic hydroxyl groups excluding tert-OH is 1. The normalized spacial score (nSPS) is 12.6. The van der Waals surface area contributed by atoms with Crippen LogP contribution in [0.25, 0.3) is 4.96 Å². The number of imidazole rings is 1. The van der Waals surface area contributed by atoms with E-state index in [1.54, 1.807) is 11.6 Å². The summed E-state index contributed by atoms with van der Waals surface area (Å²) in [4.78, 5) is 15.6. The molecule has 2 aromatic heterocycles. The van der Waals surface area contributed by atoms with Crippen LogP contribution in [0.2, 0.25) is 0 Å². The molecule has 8 heteroatoms. The predicted octanol–water partition coefficient (Wildman–Crippen LogP) is 3.13. The summed E-state index contributed by atoms with van der Waals surface area (Å²) in [6.07, 6.45) is 0.943. The first-order valence-electron chi connectivity index (χ1n) is 6.12. The van der Waals surface area contributed by atoms with E-state index >= 15 is 0 Å². The average molecular weight is 321 g/mol. The minimum absolute atomic E-state index is 0.0449. The zero-order chi connectivity index (χ0) is 14.8. The van der Waals surface area contributed by atoms with Gasteiger partial charge in [0.2, 0.25) is 0 Å². The highest BCUT2D eigenvalue weighted by atomic mass is 32.2. The van der Waals surface area contributed by atoms with Gasteiger partial charge in [0.15, 0.2) is 5.03 Å². The molecule has 1 N–H and O–H groups in total. The van der Waals surface area contributed by atoms with Gasteiger partial charge < -0.3 is 15.2 Å². The van der Waals surface area contributed by atoms with Gasteiger partial charge in [-0.05, 0) is 10.5 Å². The molecule has 0 amide bonds. The van der Waals surface area contributed by atoms with Gasteiger partial charge in [-0.3, -0.25) is 0 Å². The molecule has 3 rings (SSSR count). The van der Waals surface area contributed by atoms with Gasteiger partial charge in [0.05, 0.1) is 6.10 Å². The Morgan fingerprint density at radius 3 is 2.90 bits per heavy atom. The molecule has 6 nitrogen and oxygen atoms in total. The molecule has 0 saturated heterocycles. The number of nitro groups is 1. The summed E-state index contributed by atoms with van der Waals surface area (Å²) >= 11 is 2.53. The van der Waals surface area contributed by atoms with E-state index in [9.17, 15) is 15.2 Å². The molecule has 0 aliphatic rings. The fourth-order valence-corrected chi connectivity index (χ4v) is 3.67. The Labute approximate surface area is 128 Å². The van der Waals surface area contributed by atoms with Crippen molar-refractivity contribution in [2.75, 3.05) is 5.75 Å². The lowest BCUT2D eigenvalue weighted by molar-refractivity contribution is -0.393. The van der Waals surface area contributed by atoms with Crippen molar-refractivity contribution in [2.24, 2.45) is 0 Å². The van der Waals surface area contributed by atoms with E-state index in [4.69, 9.17) is 0 Å². The Bertz CT molecular complexity index is 769. The van der Waals surface area contributed by atoms with Gasteiger partial charge in [-0.1, -0.05) is 53.4 Å². The van der Waals surface area contributed by atoms with E-state index < -0.39 is 11.0 Å². The lowest BCUT2D eigenvalue weighted by atomic mass is 10.1. The smallest absolute Gasteiger partial charge is 0.362 e. The number of benzene rings is 1. The van der Waals surface area contributed by atoms with Crippen LogP contribution in [0, 0.1) is 10.1 Å². The second-order valence-corrected chi connectivity index (χ2v) is 6.17. The van der Waals surface area contributed by atoms with Crippen molar-refractivity contribution in [3.8, 4) is 0 Å². The molecule has 0 radical (unpaired) electrons. The van der Waals surface area contributed by atoms with Gasteiger partial charge in [-0.15, -0.1) is 0 Å². The zero-order valence-electron chi connectivity index (χ0n) is 10.7. The number of nitrogens with zero attached hydrogens (tertiary/aromatic N) is 3. The molecule has 0 unspecified atom stereocenters. The summed E-state index contributed by atoms with van der Waals surface area (Å²) in [6, 6.07) is 9.21. The Hall–Kier alpha value is -1.90. The monoisotopic (exact) mass is 321 g/mol. The van der Waals surface area contributed by atoms with Crippen LogP contribution >= 0.6 is 23.1 Å². The van der Waals surface area contributed by atoms with Gasteiger partial charge in [-0.2, -0.15) is 9.38 Å². The van der Waals surface area contributed by atoms with Crippen LogP contribution in [-0.4, -0.2) is 25.2 Å². The van der Waals surface area contributed by atoms with Crippen molar-refractivity contribution in [1.82, 2.24) is 9.38 Å². The maximum Gasteiger partial charge on any atom is 0.362 e. The molecule has 1 atom stereocenters. The molecule has 1 aromatic carbocycles. The third-order valence-corrected chi connectivity index (χ3v) is 4.73. The van der Waals surface area contributed by atoms with Crippen molar-refractivity contribution in [3.05, 3.63) is 57.6 Å². The first kappa shape index (κ1) is 14.1. The second-order valence-electron chi connectivity index (χ2n) is 4.29. The zero-order valence-corrected chi connectivity index (χ0v) is 12.4. The number of fused-ring (bicyclic) bond motifs is 1. The van der Waals surface area contributed by atoms with E-state index in [0.717, 1.165) is 5.56 Å². The van der Waals surface area contributed by atoms with Crippen LogP contribution < -0.4 is 0 Å². The third kappa shape index (κ3) is 2.78. The summed E-state index contributed by atoms with van der Waals surface area (Å²) in [7, 11) is 0. The van der Waals surface area contributed by atoms with Crippen molar-refractivity contribution in [1.29, 1.82) is 0 Å². The van der Waals surface area contributed by atoms with E-state index in [-0.39, 0.29) is 5.82 Å². The second kappa shape index (κ2) is 5.84. The molecule has 0 bridgehead atoms. The first-order valence-corrected chi connectivity index (χ1v) is 7.99. The van der Waals surface area contributed by atoms with Crippen LogP contribution in [0.4, 0.5) is 5.82 Å². The first-order chi connectivity index (χ1) is 10.2. The topological polar surface area (TPSA) is 80.7 Å². The molecule has 0 spiro atoms. The number of thioether (sulfide) groups is 1. The fraction of sp³-hybridized carbons (Fsp3) is 0.154. The Balaban J connectivity index is 1.80. The highest BCUT2D eigenvalue weighted by Crippen LogP contribution is 2.33. The molecular formula is C13H11N3O3S2. The van der Waals surface area contributed by atoms with Crippen LogP contribution in [0.1, 0.15) is 11.7 Å². The van der Waals surface area contributed by atoms with Crippen LogP contribution in [0.3, 0.4) is 0 Å². The summed E-state index contributed by atoms with van der Waals surface area (Å²) in [5.74, 6) is 0.270. The number of hydrogen-bond acceptors (Lipinski definition) is 6. The lowest BCUT2D eigenvalue weighted by Crippen LogP contribution is -2.01. The van der Waals surface area contributed by atoms with Gasteiger partial charge in [-0.25, -0.2) is 0 Å².